The van der Waals surface area contributed by atoms with Crippen LogP contribution < -0.4 is 0 Å². The number of rotatable bonds is 79. The van der Waals surface area contributed by atoms with Crippen molar-refractivity contribution in [1.82, 2.24) is 0 Å². The Labute approximate surface area is 628 Å². The van der Waals surface area contributed by atoms with Gasteiger partial charge in [-0.3, -0.25) is 32.5 Å². The molecular formula is C85H152O16P2. The molecule has 0 aromatic heterocycles. The molecule has 18 heteroatoms. The summed E-state index contributed by atoms with van der Waals surface area (Å²) >= 11 is 0. The van der Waals surface area contributed by atoms with Gasteiger partial charge in [-0.25, -0.2) is 9.13 Å². The topological polar surface area (TPSA) is 231 Å². The van der Waals surface area contributed by atoms with Crippen LogP contribution in [0.3, 0.4) is 0 Å². The quantitative estimate of drug-likeness (QED) is 0.0146. The van der Waals surface area contributed by atoms with Gasteiger partial charge in [0, 0.05) is 19.3 Å². The summed E-state index contributed by atoms with van der Waals surface area (Å²) in [7, 11) is -9.78. The number of unbranched alkanes of at least 4 members (excludes halogenated alkanes) is 40. The van der Waals surface area contributed by atoms with Gasteiger partial charge in [-0.2, -0.15) is 0 Å². The second-order valence-corrected chi connectivity index (χ2v) is 30.8. The van der Waals surface area contributed by atoms with E-state index in [1.807, 2.05) is 0 Å². The lowest BCUT2D eigenvalue weighted by atomic mass is 10.0. The summed E-state index contributed by atoms with van der Waals surface area (Å²) in [6.07, 6.45) is 90.4. The molecular weight excluding hydrogens is 1340 g/mol. The third-order valence-electron chi connectivity index (χ3n) is 17.8. The summed E-state index contributed by atoms with van der Waals surface area (Å²) in [6.45, 7) is 2.65. The molecule has 0 aliphatic carbocycles. The monoisotopic (exact) mass is 1490 g/mol. The Morgan fingerprint density at radius 3 is 0.786 bits per heavy atom. The van der Waals surface area contributed by atoms with E-state index in [1.165, 1.54) is 193 Å². The summed E-state index contributed by atoms with van der Waals surface area (Å²) in [5.41, 5.74) is 0. The van der Waals surface area contributed by atoms with Gasteiger partial charge in [0.25, 0.3) is 0 Å². The van der Waals surface area contributed by atoms with Gasteiger partial charge in [-0.05, 0) is 109 Å². The van der Waals surface area contributed by atoms with Crippen LogP contribution in [0.15, 0.2) is 97.2 Å². The van der Waals surface area contributed by atoms with Crippen LogP contribution in [0.25, 0.3) is 0 Å². The van der Waals surface area contributed by atoms with Crippen LogP contribution in [0.2, 0.25) is 0 Å². The van der Waals surface area contributed by atoms with Crippen molar-refractivity contribution < 1.29 is 75.8 Å². The molecule has 0 spiro atoms. The maximum atomic E-state index is 12.9. The Bertz CT molecular complexity index is 2260. The van der Waals surface area contributed by atoms with Gasteiger partial charge < -0.3 is 34.2 Å². The van der Waals surface area contributed by atoms with Gasteiger partial charge in [0.15, 0.2) is 6.10 Å². The number of carbonyl (C=O) groups is 3. The van der Waals surface area contributed by atoms with E-state index in [0.717, 1.165) is 116 Å². The van der Waals surface area contributed by atoms with E-state index in [4.69, 9.17) is 32.3 Å². The molecule has 0 aliphatic rings. The van der Waals surface area contributed by atoms with Crippen molar-refractivity contribution in [2.24, 2.45) is 0 Å². The summed E-state index contributed by atoms with van der Waals surface area (Å²) < 4.78 is 61.2. The second kappa shape index (κ2) is 78.1. The number of allylic oxidation sites excluding steroid dienone is 16. The number of aliphatic hydroxyl groups is 2. The van der Waals surface area contributed by atoms with E-state index in [-0.39, 0.29) is 19.3 Å². The SMILES string of the molecule is CCCCC/C=C\C/C=C\C/C=C\C/C=C\CCCCCCCCCCCCCCCCCCCC(=O)OCC(O)COP(=O)(O)OCC(O)COP(=O)(O)OCC(COC(=O)CCCCCCC/C=C\C/C=C\C/C=C\C/C=C\CCCCC)OC(=O)CCCCCCCCCCCCCCC. The van der Waals surface area contributed by atoms with Crippen molar-refractivity contribution >= 4 is 33.6 Å². The van der Waals surface area contributed by atoms with Gasteiger partial charge in [-0.15, -0.1) is 0 Å². The lowest BCUT2D eigenvalue weighted by molar-refractivity contribution is -0.161. The highest BCUT2D eigenvalue weighted by molar-refractivity contribution is 7.47. The maximum absolute atomic E-state index is 12.9. The molecule has 5 unspecified atom stereocenters. The van der Waals surface area contributed by atoms with Gasteiger partial charge in [0.1, 0.15) is 25.4 Å². The first kappa shape index (κ1) is 99.5. The van der Waals surface area contributed by atoms with Crippen LogP contribution in [0, 0.1) is 0 Å². The van der Waals surface area contributed by atoms with Gasteiger partial charge in [-0.1, -0.05) is 336 Å². The van der Waals surface area contributed by atoms with Gasteiger partial charge >= 0.3 is 33.6 Å². The highest BCUT2D eigenvalue weighted by Gasteiger charge is 2.29. The summed E-state index contributed by atoms with van der Waals surface area (Å²) in [5.74, 6) is -1.58. The maximum Gasteiger partial charge on any atom is 0.472 e. The van der Waals surface area contributed by atoms with Crippen molar-refractivity contribution in [3.8, 4) is 0 Å². The average molecular weight is 1490 g/mol. The van der Waals surface area contributed by atoms with E-state index >= 15 is 0 Å². The van der Waals surface area contributed by atoms with Gasteiger partial charge in [0.2, 0.25) is 0 Å². The summed E-state index contributed by atoms with van der Waals surface area (Å²) in [4.78, 5) is 58.6. The van der Waals surface area contributed by atoms with Gasteiger partial charge in [0.05, 0.1) is 26.4 Å². The van der Waals surface area contributed by atoms with Crippen molar-refractivity contribution in [2.45, 2.75) is 386 Å². The molecule has 0 saturated heterocycles. The highest BCUT2D eigenvalue weighted by Crippen LogP contribution is 2.45. The van der Waals surface area contributed by atoms with Crippen molar-refractivity contribution in [3.05, 3.63) is 97.2 Å². The van der Waals surface area contributed by atoms with Crippen molar-refractivity contribution in [2.75, 3.05) is 39.6 Å². The highest BCUT2D eigenvalue weighted by atomic mass is 31.2. The predicted octanol–water partition coefficient (Wildman–Crippen LogP) is 24.5. The fraction of sp³-hybridized carbons (Fsp3) is 0.776. The lowest BCUT2D eigenvalue weighted by Gasteiger charge is -2.21. The molecule has 4 N–H and O–H groups in total. The predicted molar refractivity (Wildman–Crippen MR) is 427 cm³/mol. The summed E-state index contributed by atoms with van der Waals surface area (Å²) in [6, 6.07) is 0. The number of phosphoric ester groups is 2. The van der Waals surface area contributed by atoms with Crippen LogP contribution in [-0.2, 0) is 55.8 Å². The molecule has 0 aliphatic heterocycles. The Kier molecular flexibility index (Phi) is 75.4. The molecule has 0 bridgehead atoms. The summed E-state index contributed by atoms with van der Waals surface area (Å²) in [5, 5.41) is 20.6. The first-order valence-corrected chi connectivity index (χ1v) is 44.5. The first-order valence-electron chi connectivity index (χ1n) is 41.5. The normalized spacial score (nSPS) is 14.4. The van der Waals surface area contributed by atoms with Crippen LogP contribution in [0.1, 0.15) is 367 Å². The van der Waals surface area contributed by atoms with Crippen molar-refractivity contribution in [3.63, 3.8) is 0 Å². The van der Waals surface area contributed by atoms with Crippen molar-refractivity contribution in [1.29, 1.82) is 0 Å². The lowest BCUT2D eigenvalue weighted by Crippen LogP contribution is -2.30. The Balaban J connectivity index is 4.41. The first-order chi connectivity index (χ1) is 50.2. The number of carbonyl (C=O) groups excluding carboxylic acids is 3. The molecule has 0 saturated carbocycles. The van der Waals surface area contributed by atoms with Crippen LogP contribution in [0.4, 0.5) is 0 Å². The van der Waals surface area contributed by atoms with E-state index in [2.05, 4.69) is 118 Å². The van der Waals surface area contributed by atoms with E-state index < -0.39 is 91.5 Å². The fourth-order valence-electron chi connectivity index (χ4n) is 11.4. The van der Waals surface area contributed by atoms with Crippen LogP contribution in [0.5, 0.6) is 0 Å². The van der Waals surface area contributed by atoms with E-state index in [9.17, 15) is 43.5 Å². The van der Waals surface area contributed by atoms with Crippen LogP contribution in [-0.4, -0.2) is 95.9 Å². The van der Waals surface area contributed by atoms with Crippen LogP contribution >= 0.6 is 15.6 Å². The second-order valence-electron chi connectivity index (χ2n) is 27.9. The standard InChI is InChI=1S/C85H152O16P2/c1-4-7-10-13-16-19-22-25-27-29-31-33-34-35-36-37-38-39-40-41-42-43-44-46-48-49-51-54-56-59-62-65-68-71-83(88)95-74-80(86)75-97-102(91,92)98-76-81(87)77-99-103(93,94)100-79-82(101-85(90)73-70-67-64-61-58-53-24-21-18-15-12-9-6-3)78-96-84(89)72-69-66-63-60-57-55-52-50-47-45-32-30-28-26-23-20-17-14-11-8-5-2/h16-17,19-20,25-28,31-33,35-36,45,50,52,80-82,86-87H,4-15,18,21-24,29-30,34,37-44,46-49,51,53-79H2,1-3H3,(H,91,92)(H,93,94)/b19-16-,20-17-,27-25-,28-26-,33-31-,36-35-,45-32-,52-50-. The Morgan fingerprint density at radius 1 is 0.272 bits per heavy atom. The molecule has 16 nitrogen and oxygen atoms in total. The molecule has 0 aromatic carbocycles. The minimum absolute atomic E-state index is 0.104. The molecule has 5 atom stereocenters. The zero-order chi connectivity index (χ0) is 75.2. The zero-order valence-electron chi connectivity index (χ0n) is 65.5. The van der Waals surface area contributed by atoms with E-state index in [1.54, 1.807) is 0 Å². The number of ether oxygens (including phenoxy) is 3. The Hall–Kier alpha value is -3.53. The van der Waals surface area contributed by atoms with E-state index in [0.29, 0.717) is 19.3 Å². The number of hydrogen-bond acceptors (Lipinski definition) is 14. The molecule has 0 radical (unpaired) electrons. The smallest absolute Gasteiger partial charge is 0.463 e. The zero-order valence-corrected chi connectivity index (χ0v) is 67.3. The number of hydrogen-bond donors (Lipinski definition) is 4. The third-order valence-corrected chi connectivity index (χ3v) is 19.7. The average Bonchev–Trinajstić information content (AvgIpc) is 0.937. The molecule has 0 amide bonds. The molecule has 0 aromatic rings. The number of aliphatic hydroxyl groups excluding tert-OH is 2. The number of esters is 3. The molecule has 598 valence electrons. The third kappa shape index (κ3) is 79.3. The minimum atomic E-state index is -4.93. The largest absolute Gasteiger partial charge is 0.472 e. The number of phosphoric acid groups is 2. The molecule has 0 heterocycles. The molecule has 0 rings (SSSR count). The Morgan fingerprint density at radius 2 is 0.485 bits per heavy atom. The molecule has 0 fully saturated rings. The fourth-order valence-corrected chi connectivity index (χ4v) is 13.0. The minimum Gasteiger partial charge on any atom is -0.463 e. The molecule has 103 heavy (non-hydrogen) atoms.